The monoisotopic (exact) mass is 289 g/mol. The van der Waals surface area contributed by atoms with Gasteiger partial charge in [0.2, 0.25) is 0 Å². The van der Waals surface area contributed by atoms with Crippen LogP contribution in [0.25, 0.3) is 22.9 Å². The van der Waals surface area contributed by atoms with Gasteiger partial charge in [-0.25, -0.2) is 4.98 Å². The van der Waals surface area contributed by atoms with Crippen molar-refractivity contribution in [3.8, 4) is 17.3 Å². The van der Waals surface area contributed by atoms with Crippen LogP contribution < -0.4 is 0 Å². The highest BCUT2D eigenvalue weighted by Crippen LogP contribution is 2.24. The van der Waals surface area contributed by atoms with Crippen molar-refractivity contribution in [3.63, 3.8) is 0 Å². The van der Waals surface area contributed by atoms with Crippen LogP contribution in [0, 0.1) is 11.3 Å². The number of pyridine rings is 1. The second kappa shape index (κ2) is 6.12. The molecule has 0 saturated carbocycles. The Morgan fingerprint density at radius 1 is 1.10 bits per heavy atom. The molecule has 0 amide bonds. The number of thiazole rings is 1. The third kappa shape index (κ3) is 3.04. The van der Waals surface area contributed by atoms with Crippen molar-refractivity contribution in [2.24, 2.45) is 0 Å². The number of benzene rings is 1. The first-order valence-corrected chi connectivity index (χ1v) is 7.29. The summed E-state index contributed by atoms with van der Waals surface area (Å²) in [6.07, 6.45) is 3.46. The van der Waals surface area contributed by atoms with E-state index in [0.29, 0.717) is 11.3 Å². The summed E-state index contributed by atoms with van der Waals surface area (Å²) in [5.74, 6) is 0. The van der Waals surface area contributed by atoms with Crippen LogP contribution in [0.15, 0.2) is 60.1 Å². The topological polar surface area (TPSA) is 49.6 Å². The molecule has 0 atom stereocenters. The van der Waals surface area contributed by atoms with Crippen LogP contribution in [-0.2, 0) is 0 Å². The van der Waals surface area contributed by atoms with Gasteiger partial charge in [0.15, 0.2) is 0 Å². The Kier molecular flexibility index (Phi) is 3.85. The van der Waals surface area contributed by atoms with E-state index in [9.17, 15) is 5.26 Å². The van der Waals surface area contributed by atoms with Gasteiger partial charge in [-0.2, -0.15) is 5.26 Å². The number of nitrogens with zero attached hydrogens (tertiary/aromatic N) is 3. The van der Waals surface area contributed by atoms with Gasteiger partial charge in [-0.3, -0.25) is 4.98 Å². The molecule has 0 aliphatic heterocycles. The largest absolute Gasteiger partial charge is 0.256 e. The first-order valence-electron chi connectivity index (χ1n) is 6.41. The lowest BCUT2D eigenvalue weighted by molar-refractivity contribution is 1.28. The zero-order chi connectivity index (χ0) is 14.5. The molecule has 0 aliphatic carbocycles. The maximum Gasteiger partial charge on any atom is 0.118 e. The molecule has 0 N–H and O–H groups in total. The third-order valence-corrected chi connectivity index (χ3v) is 3.71. The Morgan fingerprint density at radius 2 is 1.90 bits per heavy atom. The molecule has 0 unspecified atom stereocenters. The van der Waals surface area contributed by atoms with Crippen molar-refractivity contribution in [1.29, 1.82) is 5.26 Å². The highest BCUT2D eigenvalue weighted by atomic mass is 32.1. The molecule has 2 heterocycles. The van der Waals surface area contributed by atoms with E-state index in [2.05, 4.69) is 16.0 Å². The molecule has 0 bridgehead atoms. The Balaban J connectivity index is 1.93. The van der Waals surface area contributed by atoms with Crippen LogP contribution in [0.5, 0.6) is 0 Å². The predicted octanol–water partition coefficient (Wildman–Crippen LogP) is 4.27. The van der Waals surface area contributed by atoms with Crippen molar-refractivity contribution in [1.82, 2.24) is 9.97 Å². The fourth-order valence-corrected chi connectivity index (χ4v) is 2.66. The Bertz CT molecular complexity index is 799. The smallest absolute Gasteiger partial charge is 0.118 e. The number of hydrogen-bond acceptors (Lipinski definition) is 4. The predicted molar refractivity (Wildman–Crippen MR) is 85.3 cm³/mol. The highest BCUT2D eigenvalue weighted by Gasteiger charge is 2.06. The minimum Gasteiger partial charge on any atom is -0.256 e. The zero-order valence-corrected chi connectivity index (χ0v) is 11.9. The Labute approximate surface area is 126 Å². The molecule has 100 valence electrons. The lowest BCUT2D eigenvalue weighted by Gasteiger charge is -1.96. The normalized spacial score (nSPS) is 11.1. The van der Waals surface area contributed by atoms with Crippen molar-refractivity contribution >= 4 is 23.0 Å². The second-order valence-electron chi connectivity index (χ2n) is 4.32. The maximum absolute atomic E-state index is 9.28. The van der Waals surface area contributed by atoms with E-state index in [0.717, 1.165) is 16.3 Å². The molecule has 21 heavy (non-hydrogen) atoms. The summed E-state index contributed by atoms with van der Waals surface area (Å²) < 4.78 is 0. The third-order valence-electron chi connectivity index (χ3n) is 2.92. The molecule has 0 radical (unpaired) electrons. The first-order chi connectivity index (χ1) is 10.4. The molecular weight excluding hydrogens is 278 g/mol. The fraction of sp³-hybridized carbons (Fsp3) is 0. The first kappa shape index (κ1) is 13.2. The Hall–Kier alpha value is -2.77. The molecule has 3 aromatic rings. The molecule has 0 fully saturated rings. The van der Waals surface area contributed by atoms with Gasteiger partial charge >= 0.3 is 0 Å². The number of rotatable bonds is 3. The molecule has 0 spiro atoms. The SMILES string of the molecule is N#C/C(=C/c1nc(-c2ccccc2)cs1)c1ccccn1. The van der Waals surface area contributed by atoms with Crippen LogP contribution >= 0.6 is 11.3 Å². The highest BCUT2D eigenvalue weighted by molar-refractivity contribution is 7.10. The van der Waals surface area contributed by atoms with Crippen LogP contribution in [0.4, 0.5) is 0 Å². The van der Waals surface area contributed by atoms with E-state index in [-0.39, 0.29) is 0 Å². The van der Waals surface area contributed by atoms with Crippen LogP contribution in [-0.4, -0.2) is 9.97 Å². The van der Waals surface area contributed by atoms with Gasteiger partial charge in [-0.1, -0.05) is 36.4 Å². The molecule has 0 saturated heterocycles. The summed E-state index contributed by atoms with van der Waals surface area (Å²) in [6, 6.07) is 17.7. The summed E-state index contributed by atoms with van der Waals surface area (Å²) in [5.41, 5.74) is 3.18. The van der Waals surface area contributed by atoms with E-state index in [1.165, 1.54) is 11.3 Å². The Morgan fingerprint density at radius 3 is 2.62 bits per heavy atom. The molecule has 3 rings (SSSR count). The number of nitriles is 1. The second-order valence-corrected chi connectivity index (χ2v) is 5.21. The van der Waals surface area contributed by atoms with Crippen molar-refractivity contribution < 1.29 is 0 Å². The minimum absolute atomic E-state index is 0.518. The van der Waals surface area contributed by atoms with Gasteiger partial charge in [0.1, 0.15) is 11.1 Å². The van der Waals surface area contributed by atoms with Gasteiger partial charge < -0.3 is 0 Å². The number of allylic oxidation sites excluding steroid dienone is 1. The lowest BCUT2D eigenvalue weighted by Crippen LogP contribution is -1.85. The van der Waals surface area contributed by atoms with E-state index in [4.69, 9.17) is 0 Å². The van der Waals surface area contributed by atoms with Crippen molar-refractivity contribution in [2.75, 3.05) is 0 Å². The van der Waals surface area contributed by atoms with Gasteiger partial charge in [0.05, 0.1) is 17.0 Å². The van der Waals surface area contributed by atoms with E-state index in [1.807, 2.05) is 53.9 Å². The van der Waals surface area contributed by atoms with Gasteiger partial charge in [-0.05, 0) is 18.2 Å². The van der Waals surface area contributed by atoms with Crippen LogP contribution in [0.2, 0.25) is 0 Å². The summed E-state index contributed by atoms with van der Waals surface area (Å²) in [6.45, 7) is 0. The molecule has 1 aromatic carbocycles. The zero-order valence-electron chi connectivity index (χ0n) is 11.1. The summed E-state index contributed by atoms with van der Waals surface area (Å²) in [7, 11) is 0. The van der Waals surface area contributed by atoms with Crippen LogP contribution in [0.3, 0.4) is 0 Å². The fourth-order valence-electron chi connectivity index (χ4n) is 1.90. The molecule has 2 aromatic heterocycles. The van der Waals surface area contributed by atoms with Gasteiger partial charge in [-0.15, -0.1) is 11.3 Å². The minimum atomic E-state index is 0.518. The van der Waals surface area contributed by atoms with E-state index < -0.39 is 0 Å². The summed E-state index contributed by atoms with van der Waals surface area (Å²) in [5, 5.41) is 12.1. The van der Waals surface area contributed by atoms with Crippen molar-refractivity contribution in [3.05, 3.63) is 70.8 Å². The molecule has 0 aliphatic rings. The van der Waals surface area contributed by atoms with E-state index in [1.54, 1.807) is 12.3 Å². The van der Waals surface area contributed by atoms with E-state index >= 15 is 0 Å². The van der Waals surface area contributed by atoms with Crippen LogP contribution in [0.1, 0.15) is 10.7 Å². The lowest BCUT2D eigenvalue weighted by atomic mass is 10.2. The maximum atomic E-state index is 9.28. The standard InChI is InChI=1S/C17H11N3S/c18-11-14(15-8-4-5-9-19-15)10-17-20-16(12-21-17)13-6-2-1-3-7-13/h1-10,12H/b14-10-. The molecule has 4 heteroatoms. The summed E-state index contributed by atoms with van der Waals surface area (Å²) >= 11 is 1.52. The molecule has 3 nitrogen and oxygen atoms in total. The average Bonchev–Trinajstić information content (AvgIpc) is 3.03. The number of hydrogen-bond donors (Lipinski definition) is 0. The quantitative estimate of drug-likeness (QED) is 0.676. The van der Waals surface area contributed by atoms with Gasteiger partial charge in [0.25, 0.3) is 0 Å². The number of aromatic nitrogens is 2. The van der Waals surface area contributed by atoms with Crippen molar-refractivity contribution in [2.45, 2.75) is 0 Å². The summed E-state index contributed by atoms with van der Waals surface area (Å²) in [4.78, 5) is 8.75. The molecular formula is C17H11N3S. The average molecular weight is 289 g/mol. The van der Waals surface area contributed by atoms with Gasteiger partial charge in [0, 0.05) is 17.1 Å².